The first-order chi connectivity index (χ1) is 7.59. The van der Waals surface area contributed by atoms with E-state index in [4.69, 9.17) is 5.11 Å². The average Bonchev–Trinajstić information content (AvgIpc) is 2.27. The largest absolute Gasteiger partial charge is 0.480 e. The topological polar surface area (TPSA) is 78.4 Å². The molecule has 1 aromatic carbocycles. The molecular weight excluding hydrogens is 208 g/mol. The van der Waals surface area contributed by atoms with Crippen molar-refractivity contribution in [3.63, 3.8) is 0 Å². The number of carboxylic acids is 1. The highest BCUT2D eigenvalue weighted by molar-refractivity contribution is 5.82. The van der Waals surface area contributed by atoms with Gasteiger partial charge in [-0.05, 0) is 12.5 Å². The number of rotatable bonds is 4. The minimum absolute atomic E-state index is 0.374. The first kappa shape index (κ1) is 12.0. The van der Waals surface area contributed by atoms with Gasteiger partial charge in [0.2, 0.25) is 0 Å². The van der Waals surface area contributed by atoms with Crippen molar-refractivity contribution >= 4 is 12.0 Å². The Balaban J connectivity index is 2.33. The van der Waals surface area contributed by atoms with Crippen molar-refractivity contribution in [2.24, 2.45) is 0 Å². The number of amides is 2. The molecule has 5 nitrogen and oxygen atoms in total. The number of benzene rings is 1. The predicted octanol–water partition coefficient (Wildman–Crippen LogP) is 0.959. The Hall–Kier alpha value is -2.04. The van der Waals surface area contributed by atoms with Gasteiger partial charge in [0, 0.05) is 6.54 Å². The third-order valence-corrected chi connectivity index (χ3v) is 2.01. The fourth-order valence-electron chi connectivity index (χ4n) is 1.09. The van der Waals surface area contributed by atoms with Crippen molar-refractivity contribution in [1.29, 1.82) is 0 Å². The van der Waals surface area contributed by atoms with E-state index in [1.54, 1.807) is 0 Å². The maximum Gasteiger partial charge on any atom is 0.325 e. The Morgan fingerprint density at radius 3 is 2.50 bits per heavy atom. The summed E-state index contributed by atoms with van der Waals surface area (Å²) in [5.41, 5.74) is 0.959. The van der Waals surface area contributed by atoms with Gasteiger partial charge in [0.25, 0.3) is 0 Å². The molecule has 2 amide bonds. The van der Waals surface area contributed by atoms with Crippen LogP contribution in [0.5, 0.6) is 0 Å². The standard InChI is InChI=1S/C11H14N2O3/c1-8(10(14)15)13-11(16)12-7-9-5-3-2-4-6-9/h2-6,8H,7H2,1H3,(H,14,15)(H2,12,13,16)/t8-/m1/s1. The zero-order valence-electron chi connectivity index (χ0n) is 8.93. The Kier molecular flexibility index (Phi) is 4.32. The molecule has 1 aromatic rings. The summed E-state index contributed by atoms with van der Waals surface area (Å²) in [4.78, 5) is 21.7. The molecule has 0 bridgehead atoms. The minimum atomic E-state index is -1.06. The highest BCUT2D eigenvalue weighted by Crippen LogP contribution is 1.96. The van der Waals surface area contributed by atoms with Crippen LogP contribution in [-0.2, 0) is 11.3 Å². The van der Waals surface area contributed by atoms with Crippen molar-refractivity contribution < 1.29 is 14.7 Å². The zero-order valence-corrected chi connectivity index (χ0v) is 8.93. The van der Waals surface area contributed by atoms with Gasteiger partial charge in [-0.2, -0.15) is 0 Å². The van der Waals surface area contributed by atoms with Crippen LogP contribution in [0.25, 0.3) is 0 Å². The van der Waals surface area contributed by atoms with E-state index in [-0.39, 0.29) is 0 Å². The molecule has 0 spiro atoms. The molecule has 0 aromatic heterocycles. The second-order valence-electron chi connectivity index (χ2n) is 3.37. The van der Waals surface area contributed by atoms with E-state index in [0.29, 0.717) is 6.54 Å². The number of urea groups is 1. The van der Waals surface area contributed by atoms with Crippen LogP contribution in [0.2, 0.25) is 0 Å². The van der Waals surface area contributed by atoms with Gasteiger partial charge in [0.1, 0.15) is 6.04 Å². The molecule has 0 saturated carbocycles. The molecule has 1 rings (SSSR count). The molecule has 0 aliphatic heterocycles. The van der Waals surface area contributed by atoms with Crippen molar-refractivity contribution in [3.05, 3.63) is 35.9 Å². The zero-order chi connectivity index (χ0) is 12.0. The van der Waals surface area contributed by atoms with E-state index in [1.807, 2.05) is 30.3 Å². The second-order valence-corrected chi connectivity index (χ2v) is 3.37. The maximum atomic E-state index is 11.2. The van der Waals surface area contributed by atoms with Gasteiger partial charge in [-0.25, -0.2) is 4.79 Å². The summed E-state index contributed by atoms with van der Waals surface area (Å²) in [6.07, 6.45) is 0. The lowest BCUT2D eigenvalue weighted by Gasteiger charge is -2.10. The van der Waals surface area contributed by atoms with E-state index in [1.165, 1.54) is 6.92 Å². The van der Waals surface area contributed by atoms with Crippen LogP contribution in [0, 0.1) is 0 Å². The Morgan fingerprint density at radius 1 is 1.31 bits per heavy atom. The monoisotopic (exact) mass is 222 g/mol. The van der Waals surface area contributed by atoms with Crippen LogP contribution in [0.15, 0.2) is 30.3 Å². The fraction of sp³-hybridized carbons (Fsp3) is 0.273. The van der Waals surface area contributed by atoms with Crippen LogP contribution in [0.3, 0.4) is 0 Å². The molecule has 5 heteroatoms. The molecule has 0 unspecified atom stereocenters. The molecule has 0 radical (unpaired) electrons. The highest BCUT2D eigenvalue weighted by atomic mass is 16.4. The van der Waals surface area contributed by atoms with Gasteiger partial charge in [0.05, 0.1) is 0 Å². The Bertz CT molecular complexity index is 365. The van der Waals surface area contributed by atoms with E-state index < -0.39 is 18.0 Å². The summed E-state index contributed by atoms with van der Waals surface area (Å²) in [6.45, 7) is 1.78. The van der Waals surface area contributed by atoms with Gasteiger partial charge in [0.15, 0.2) is 0 Å². The first-order valence-electron chi connectivity index (χ1n) is 4.90. The third-order valence-electron chi connectivity index (χ3n) is 2.01. The summed E-state index contributed by atoms with van der Waals surface area (Å²) in [5.74, 6) is -1.06. The number of carbonyl (C=O) groups is 2. The van der Waals surface area contributed by atoms with Gasteiger partial charge in [-0.1, -0.05) is 30.3 Å². The number of carbonyl (C=O) groups excluding carboxylic acids is 1. The minimum Gasteiger partial charge on any atom is -0.480 e. The van der Waals surface area contributed by atoms with E-state index in [0.717, 1.165) is 5.56 Å². The number of nitrogens with one attached hydrogen (secondary N) is 2. The molecule has 0 aliphatic rings. The molecule has 0 aliphatic carbocycles. The second kappa shape index (κ2) is 5.75. The van der Waals surface area contributed by atoms with Crippen LogP contribution in [-0.4, -0.2) is 23.1 Å². The molecule has 0 saturated heterocycles. The van der Waals surface area contributed by atoms with E-state index in [2.05, 4.69) is 10.6 Å². The SMILES string of the molecule is C[C@@H](NC(=O)NCc1ccccc1)C(=O)O. The van der Waals surface area contributed by atoms with Gasteiger partial charge < -0.3 is 15.7 Å². The number of carboxylic acid groups (broad SMARTS) is 1. The van der Waals surface area contributed by atoms with E-state index in [9.17, 15) is 9.59 Å². The van der Waals surface area contributed by atoms with Crippen molar-refractivity contribution in [3.8, 4) is 0 Å². The van der Waals surface area contributed by atoms with Crippen LogP contribution < -0.4 is 10.6 Å². The molecule has 0 heterocycles. The molecule has 3 N–H and O–H groups in total. The third kappa shape index (κ3) is 4.00. The summed E-state index contributed by atoms with van der Waals surface area (Å²) < 4.78 is 0. The normalized spacial score (nSPS) is 11.6. The number of aliphatic carboxylic acids is 1. The Morgan fingerprint density at radius 2 is 1.94 bits per heavy atom. The molecule has 0 fully saturated rings. The first-order valence-corrected chi connectivity index (χ1v) is 4.90. The molecule has 86 valence electrons. The van der Waals surface area contributed by atoms with Gasteiger partial charge in [-0.15, -0.1) is 0 Å². The number of hydrogen-bond acceptors (Lipinski definition) is 2. The fourth-order valence-corrected chi connectivity index (χ4v) is 1.09. The summed E-state index contributed by atoms with van der Waals surface area (Å²) in [5, 5.41) is 13.4. The predicted molar refractivity (Wildman–Crippen MR) is 58.9 cm³/mol. The quantitative estimate of drug-likeness (QED) is 0.710. The van der Waals surface area contributed by atoms with Gasteiger partial charge in [-0.3, -0.25) is 4.79 Å². The summed E-state index contributed by atoms with van der Waals surface area (Å²) >= 11 is 0. The summed E-state index contributed by atoms with van der Waals surface area (Å²) in [6, 6.07) is 8.00. The lowest BCUT2D eigenvalue weighted by molar-refractivity contribution is -0.138. The van der Waals surface area contributed by atoms with Crippen LogP contribution in [0.1, 0.15) is 12.5 Å². The lowest BCUT2D eigenvalue weighted by atomic mass is 10.2. The lowest BCUT2D eigenvalue weighted by Crippen LogP contribution is -2.44. The molecule has 1 atom stereocenters. The smallest absolute Gasteiger partial charge is 0.325 e. The van der Waals surface area contributed by atoms with Crippen molar-refractivity contribution in [1.82, 2.24) is 10.6 Å². The highest BCUT2D eigenvalue weighted by Gasteiger charge is 2.12. The van der Waals surface area contributed by atoms with Gasteiger partial charge >= 0.3 is 12.0 Å². The Labute approximate surface area is 93.5 Å². The maximum absolute atomic E-state index is 11.2. The van der Waals surface area contributed by atoms with Crippen molar-refractivity contribution in [2.75, 3.05) is 0 Å². The average molecular weight is 222 g/mol. The van der Waals surface area contributed by atoms with E-state index >= 15 is 0 Å². The molecule has 16 heavy (non-hydrogen) atoms. The van der Waals surface area contributed by atoms with Crippen LogP contribution >= 0.6 is 0 Å². The summed E-state index contributed by atoms with van der Waals surface area (Å²) in [7, 11) is 0. The molecular formula is C11H14N2O3. The number of hydrogen-bond donors (Lipinski definition) is 3. The van der Waals surface area contributed by atoms with Crippen molar-refractivity contribution in [2.45, 2.75) is 19.5 Å². The van der Waals surface area contributed by atoms with Crippen LogP contribution in [0.4, 0.5) is 4.79 Å².